The highest BCUT2D eigenvalue weighted by atomic mass is 16.5. The summed E-state index contributed by atoms with van der Waals surface area (Å²) >= 11 is 0. The van der Waals surface area contributed by atoms with Gasteiger partial charge in [-0.1, -0.05) is 61.0 Å². The number of amides is 1. The molecule has 0 radical (unpaired) electrons. The van der Waals surface area contributed by atoms with E-state index in [1.807, 2.05) is 60.4 Å². The maximum absolute atomic E-state index is 13.1. The number of benzene rings is 2. The second kappa shape index (κ2) is 7.58. The van der Waals surface area contributed by atoms with E-state index in [1.54, 1.807) is 0 Å². The second-order valence-corrected chi connectivity index (χ2v) is 7.76. The summed E-state index contributed by atoms with van der Waals surface area (Å²) in [5, 5.41) is 4.13. The van der Waals surface area contributed by atoms with Crippen molar-refractivity contribution < 1.29 is 9.32 Å². The van der Waals surface area contributed by atoms with E-state index in [2.05, 4.69) is 24.0 Å². The molecule has 4 rings (SSSR count). The first-order chi connectivity index (χ1) is 13.5. The van der Waals surface area contributed by atoms with Crippen LogP contribution in [0.25, 0.3) is 11.4 Å². The molecule has 0 aliphatic carbocycles. The van der Waals surface area contributed by atoms with Gasteiger partial charge in [0, 0.05) is 17.7 Å². The third kappa shape index (κ3) is 3.57. The van der Waals surface area contributed by atoms with Crippen LogP contribution in [0.3, 0.4) is 0 Å². The van der Waals surface area contributed by atoms with Gasteiger partial charge >= 0.3 is 0 Å². The Balaban J connectivity index is 1.55. The summed E-state index contributed by atoms with van der Waals surface area (Å²) in [7, 11) is 0. The quantitative estimate of drug-likeness (QED) is 0.633. The predicted octanol–water partition coefficient (Wildman–Crippen LogP) is 5.15. The van der Waals surface area contributed by atoms with E-state index in [0.717, 1.165) is 18.4 Å². The van der Waals surface area contributed by atoms with Crippen LogP contribution in [0.4, 0.5) is 0 Å². The van der Waals surface area contributed by atoms with Crippen molar-refractivity contribution >= 4 is 5.91 Å². The Hall–Kier alpha value is -2.95. The topological polar surface area (TPSA) is 59.2 Å². The van der Waals surface area contributed by atoms with Crippen molar-refractivity contribution in [3.05, 3.63) is 71.1 Å². The summed E-state index contributed by atoms with van der Waals surface area (Å²) in [4.78, 5) is 19.5. The lowest BCUT2D eigenvalue weighted by atomic mass is 10.0. The molecule has 1 aliphatic heterocycles. The van der Waals surface area contributed by atoms with Gasteiger partial charge in [-0.2, -0.15) is 4.98 Å². The third-order valence-corrected chi connectivity index (χ3v) is 5.37. The van der Waals surface area contributed by atoms with E-state index in [4.69, 9.17) is 4.52 Å². The average Bonchev–Trinajstić information content (AvgIpc) is 3.37. The van der Waals surface area contributed by atoms with E-state index in [1.165, 1.54) is 11.1 Å². The summed E-state index contributed by atoms with van der Waals surface area (Å²) < 4.78 is 5.55. The molecule has 1 unspecified atom stereocenters. The molecule has 0 saturated carbocycles. The van der Waals surface area contributed by atoms with E-state index in [-0.39, 0.29) is 11.9 Å². The maximum atomic E-state index is 13.1. The van der Waals surface area contributed by atoms with Gasteiger partial charge in [0.2, 0.25) is 11.7 Å². The monoisotopic (exact) mass is 375 g/mol. The van der Waals surface area contributed by atoms with Gasteiger partial charge in [-0.3, -0.25) is 4.79 Å². The molecular weight excluding hydrogens is 350 g/mol. The maximum Gasteiger partial charge on any atom is 0.254 e. The van der Waals surface area contributed by atoms with Gasteiger partial charge in [-0.25, -0.2) is 0 Å². The van der Waals surface area contributed by atoms with Crippen LogP contribution in [0.2, 0.25) is 0 Å². The molecule has 144 valence electrons. The fourth-order valence-electron chi connectivity index (χ4n) is 3.63. The highest BCUT2D eigenvalue weighted by Crippen LogP contribution is 2.33. The van der Waals surface area contributed by atoms with Crippen LogP contribution in [0.15, 0.2) is 53.1 Å². The van der Waals surface area contributed by atoms with Crippen LogP contribution in [-0.4, -0.2) is 27.5 Å². The van der Waals surface area contributed by atoms with E-state index in [9.17, 15) is 4.79 Å². The molecule has 1 fully saturated rings. The van der Waals surface area contributed by atoms with Gasteiger partial charge in [0.25, 0.3) is 5.91 Å². The Morgan fingerprint density at radius 2 is 1.82 bits per heavy atom. The molecular formula is C23H25N3O2. The van der Waals surface area contributed by atoms with Gasteiger partial charge in [-0.05, 0) is 43.4 Å². The average molecular weight is 375 g/mol. The summed E-state index contributed by atoms with van der Waals surface area (Å²) in [6, 6.07) is 15.8. The first kappa shape index (κ1) is 18.4. The molecule has 28 heavy (non-hydrogen) atoms. The van der Waals surface area contributed by atoms with E-state index < -0.39 is 0 Å². The van der Waals surface area contributed by atoms with Crippen molar-refractivity contribution in [3.63, 3.8) is 0 Å². The smallest absolute Gasteiger partial charge is 0.254 e. The first-order valence-electron chi connectivity index (χ1n) is 9.84. The molecule has 5 nitrogen and oxygen atoms in total. The molecule has 1 atom stereocenters. The zero-order valence-electron chi connectivity index (χ0n) is 16.6. The minimum atomic E-state index is -0.163. The van der Waals surface area contributed by atoms with Crippen LogP contribution >= 0.6 is 0 Å². The highest BCUT2D eigenvalue weighted by molar-refractivity contribution is 5.94. The number of carbonyl (C=O) groups is 1. The van der Waals surface area contributed by atoms with E-state index in [0.29, 0.717) is 29.7 Å². The van der Waals surface area contributed by atoms with Crippen LogP contribution < -0.4 is 0 Å². The molecule has 3 aromatic rings. The number of hydrogen-bond donors (Lipinski definition) is 0. The van der Waals surface area contributed by atoms with Crippen molar-refractivity contribution in [2.45, 2.75) is 45.6 Å². The largest absolute Gasteiger partial charge is 0.337 e. The Morgan fingerprint density at radius 1 is 1.11 bits per heavy atom. The zero-order valence-corrected chi connectivity index (χ0v) is 16.6. The number of carbonyl (C=O) groups excluding carboxylic acids is 1. The SMILES string of the molecule is Cc1ccc(-c2noc(C3CCCN3C(=O)c3ccc(C(C)C)cc3)n2)cc1. The number of rotatable bonds is 4. The van der Waals surface area contributed by atoms with Crippen LogP contribution in [0.1, 0.15) is 66.0 Å². The highest BCUT2D eigenvalue weighted by Gasteiger charge is 2.34. The molecule has 0 N–H and O–H groups in total. The Kier molecular flexibility index (Phi) is 4.99. The van der Waals surface area contributed by atoms with E-state index >= 15 is 0 Å². The van der Waals surface area contributed by atoms with Gasteiger partial charge in [0.05, 0.1) is 0 Å². The van der Waals surface area contributed by atoms with Crippen molar-refractivity contribution in [2.75, 3.05) is 6.54 Å². The standard InChI is InChI=1S/C23H25N3O2/c1-15(2)17-10-12-19(13-11-17)23(27)26-14-4-5-20(26)22-24-21(25-28-22)18-8-6-16(3)7-9-18/h6-13,15,20H,4-5,14H2,1-3H3. The Bertz CT molecular complexity index is 958. The summed E-state index contributed by atoms with van der Waals surface area (Å²) in [5.41, 5.74) is 4.04. The summed E-state index contributed by atoms with van der Waals surface area (Å²) in [6.45, 7) is 7.04. The molecule has 1 saturated heterocycles. The lowest BCUT2D eigenvalue weighted by Gasteiger charge is -2.22. The molecule has 1 aromatic heterocycles. The van der Waals surface area contributed by atoms with Crippen molar-refractivity contribution in [2.24, 2.45) is 0 Å². The van der Waals surface area contributed by atoms with Gasteiger partial charge < -0.3 is 9.42 Å². The Morgan fingerprint density at radius 3 is 2.50 bits per heavy atom. The number of nitrogens with zero attached hydrogens (tertiary/aromatic N) is 3. The van der Waals surface area contributed by atoms with Crippen molar-refractivity contribution in [1.29, 1.82) is 0 Å². The van der Waals surface area contributed by atoms with Crippen LogP contribution in [-0.2, 0) is 0 Å². The van der Waals surface area contributed by atoms with Crippen LogP contribution in [0, 0.1) is 6.92 Å². The normalized spacial score (nSPS) is 16.7. The van der Waals surface area contributed by atoms with Gasteiger partial charge in [0.15, 0.2) is 0 Å². The molecule has 2 aromatic carbocycles. The fraction of sp³-hybridized carbons (Fsp3) is 0.348. The number of aryl methyl sites for hydroxylation is 1. The Labute approximate surface area is 165 Å². The molecule has 1 amide bonds. The van der Waals surface area contributed by atoms with Crippen molar-refractivity contribution in [1.82, 2.24) is 15.0 Å². The predicted molar refractivity (Wildman–Crippen MR) is 108 cm³/mol. The lowest BCUT2D eigenvalue weighted by molar-refractivity contribution is 0.0710. The summed E-state index contributed by atoms with van der Waals surface area (Å²) in [5.74, 6) is 1.55. The molecule has 0 spiro atoms. The fourth-order valence-corrected chi connectivity index (χ4v) is 3.63. The molecule has 0 bridgehead atoms. The lowest BCUT2D eigenvalue weighted by Crippen LogP contribution is -2.30. The van der Waals surface area contributed by atoms with Gasteiger partial charge in [-0.15, -0.1) is 0 Å². The number of hydrogen-bond acceptors (Lipinski definition) is 4. The summed E-state index contributed by atoms with van der Waals surface area (Å²) in [6.07, 6.45) is 1.77. The number of aromatic nitrogens is 2. The number of likely N-dealkylation sites (tertiary alicyclic amines) is 1. The second-order valence-electron chi connectivity index (χ2n) is 7.76. The van der Waals surface area contributed by atoms with Crippen molar-refractivity contribution in [3.8, 4) is 11.4 Å². The zero-order chi connectivity index (χ0) is 19.7. The third-order valence-electron chi connectivity index (χ3n) is 5.37. The molecule has 2 heterocycles. The minimum absolute atomic E-state index is 0.0212. The van der Waals surface area contributed by atoms with Gasteiger partial charge in [0.1, 0.15) is 6.04 Å². The minimum Gasteiger partial charge on any atom is -0.337 e. The molecule has 5 heteroatoms. The first-order valence-corrected chi connectivity index (χ1v) is 9.84. The van der Waals surface area contributed by atoms with Crippen LogP contribution in [0.5, 0.6) is 0 Å². The molecule has 1 aliphatic rings.